The Morgan fingerprint density at radius 3 is 3.12 bits per heavy atom. The monoisotopic (exact) mass is 221 g/mol. The van der Waals surface area contributed by atoms with Gasteiger partial charge in [-0.1, -0.05) is 5.21 Å². The molecular formula is C10H11N3O3. The third-order valence-electron chi connectivity index (χ3n) is 2.08. The normalized spacial score (nSPS) is 10.5. The summed E-state index contributed by atoms with van der Waals surface area (Å²) in [5.74, 6) is -0.0460. The standard InChI is InChI=1S/C10H11N3O3/c14-10(15)4-3-8-6-13(12-11-8)7-9-2-1-5-16-9/h1-2,5-6H,3-4,7H2,(H,14,15). The molecule has 16 heavy (non-hydrogen) atoms. The summed E-state index contributed by atoms with van der Waals surface area (Å²) in [6, 6.07) is 3.65. The predicted octanol–water partition coefficient (Wildman–Crippen LogP) is 0.937. The van der Waals surface area contributed by atoms with Crippen LogP contribution >= 0.6 is 0 Å². The Morgan fingerprint density at radius 1 is 1.56 bits per heavy atom. The van der Waals surface area contributed by atoms with E-state index in [-0.39, 0.29) is 6.42 Å². The number of rotatable bonds is 5. The summed E-state index contributed by atoms with van der Waals surface area (Å²) in [5, 5.41) is 16.3. The highest BCUT2D eigenvalue weighted by molar-refractivity contribution is 5.66. The predicted molar refractivity (Wildman–Crippen MR) is 53.8 cm³/mol. The number of carboxylic acid groups (broad SMARTS) is 1. The van der Waals surface area contributed by atoms with Gasteiger partial charge in [0.2, 0.25) is 0 Å². The molecule has 0 bridgehead atoms. The van der Waals surface area contributed by atoms with E-state index < -0.39 is 5.97 Å². The Balaban J connectivity index is 1.94. The fourth-order valence-electron chi connectivity index (χ4n) is 1.33. The lowest BCUT2D eigenvalue weighted by Gasteiger charge is -1.94. The van der Waals surface area contributed by atoms with Crippen LogP contribution in [0.1, 0.15) is 17.9 Å². The highest BCUT2D eigenvalue weighted by Crippen LogP contribution is 2.04. The molecular weight excluding hydrogens is 210 g/mol. The highest BCUT2D eigenvalue weighted by Gasteiger charge is 2.05. The zero-order valence-electron chi connectivity index (χ0n) is 8.54. The molecule has 2 heterocycles. The molecule has 0 saturated carbocycles. The molecule has 0 unspecified atom stereocenters. The molecule has 6 heteroatoms. The van der Waals surface area contributed by atoms with Crippen LogP contribution in [0.25, 0.3) is 0 Å². The largest absolute Gasteiger partial charge is 0.481 e. The second-order valence-electron chi connectivity index (χ2n) is 3.38. The molecule has 0 aromatic carbocycles. The van der Waals surface area contributed by atoms with Crippen LogP contribution in [0.2, 0.25) is 0 Å². The van der Waals surface area contributed by atoms with Crippen molar-refractivity contribution in [2.75, 3.05) is 0 Å². The van der Waals surface area contributed by atoms with Crippen LogP contribution in [-0.2, 0) is 17.8 Å². The zero-order chi connectivity index (χ0) is 11.4. The first-order chi connectivity index (χ1) is 7.74. The average molecular weight is 221 g/mol. The smallest absolute Gasteiger partial charge is 0.303 e. The second-order valence-corrected chi connectivity index (χ2v) is 3.38. The van der Waals surface area contributed by atoms with Crippen LogP contribution in [0.4, 0.5) is 0 Å². The van der Waals surface area contributed by atoms with Crippen molar-refractivity contribution >= 4 is 5.97 Å². The Hall–Kier alpha value is -2.11. The first-order valence-electron chi connectivity index (χ1n) is 4.87. The van der Waals surface area contributed by atoms with Crippen LogP contribution in [0, 0.1) is 0 Å². The summed E-state index contributed by atoms with van der Waals surface area (Å²) in [4.78, 5) is 10.4. The summed E-state index contributed by atoms with van der Waals surface area (Å²) in [6.45, 7) is 0.507. The van der Waals surface area contributed by atoms with E-state index in [4.69, 9.17) is 9.52 Å². The summed E-state index contributed by atoms with van der Waals surface area (Å²) in [7, 11) is 0. The number of carbonyl (C=O) groups is 1. The molecule has 2 aromatic rings. The van der Waals surface area contributed by atoms with Crippen molar-refractivity contribution in [2.45, 2.75) is 19.4 Å². The molecule has 0 spiro atoms. The molecule has 1 N–H and O–H groups in total. The van der Waals surface area contributed by atoms with E-state index >= 15 is 0 Å². The maximum Gasteiger partial charge on any atom is 0.303 e. The Labute approximate surface area is 91.5 Å². The molecule has 84 valence electrons. The maximum absolute atomic E-state index is 10.4. The van der Waals surface area contributed by atoms with Gasteiger partial charge in [0.1, 0.15) is 12.3 Å². The minimum absolute atomic E-state index is 0.0689. The second kappa shape index (κ2) is 4.61. The SMILES string of the molecule is O=C(O)CCc1cn(Cc2ccco2)nn1. The topological polar surface area (TPSA) is 81.1 Å². The molecule has 0 fully saturated rings. The molecule has 0 atom stereocenters. The molecule has 2 rings (SSSR count). The fraction of sp³-hybridized carbons (Fsp3) is 0.300. The third kappa shape index (κ3) is 2.69. The number of furan rings is 1. The van der Waals surface area contributed by atoms with E-state index in [1.807, 2.05) is 6.07 Å². The Morgan fingerprint density at radius 2 is 2.44 bits per heavy atom. The van der Waals surface area contributed by atoms with Gasteiger partial charge in [-0.25, -0.2) is 4.68 Å². The van der Waals surface area contributed by atoms with E-state index in [2.05, 4.69) is 10.3 Å². The van der Waals surface area contributed by atoms with Crippen molar-refractivity contribution in [3.63, 3.8) is 0 Å². The van der Waals surface area contributed by atoms with Crippen LogP contribution < -0.4 is 0 Å². The van der Waals surface area contributed by atoms with Gasteiger partial charge in [0.05, 0.1) is 18.4 Å². The fourth-order valence-corrected chi connectivity index (χ4v) is 1.33. The van der Waals surface area contributed by atoms with Crippen LogP contribution in [0.3, 0.4) is 0 Å². The molecule has 0 saturated heterocycles. The van der Waals surface area contributed by atoms with Gasteiger partial charge >= 0.3 is 5.97 Å². The van der Waals surface area contributed by atoms with Crippen molar-refractivity contribution in [1.29, 1.82) is 0 Å². The number of aliphatic carboxylic acids is 1. The van der Waals surface area contributed by atoms with Gasteiger partial charge in [-0.3, -0.25) is 4.79 Å². The maximum atomic E-state index is 10.4. The minimum Gasteiger partial charge on any atom is -0.481 e. The molecule has 0 amide bonds. The summed E-state index contributed by atoms with van der Waals surface area (Å²) in [5.41, 5.74) is 0.675. The molecule has 0 aliphatic rings. The van der Waals surface area contributed by atoms with E-state index in [9.17, 15) is 4.79 Å². The van der Waals surface area contributed by atoms with Gasteiger partial charge in [0, 0.05) is 12.6 Å². The number of carboxylic acids is 1. The molecule has 0 aliphatic carbocycles. The number of nitrogens with zero attached hydrogens (tertiary/aromatic N) is 3. The van der Waals surface area contributed by atoms with Gasteiger partial charge in [0.15, 0.2) is 0 Å². The number of hydrogen-bond acceptors (Lipinski definition) is 4. The lowest BCUT2D eigenvalue weighted by molar-refractivity contribution is -0.136. The lowest BCUT2D eigenvalue weighted by atomic mass is 10.2. The Kier molecular flexibility index (Phi) is 3.00. The molecule has 0 radical (unpaired) electrons. The van der Waals surface area contributed by atoms with Crippen molar-refractivity contribution in [1.82, 2.24) is 15.0 Å². The van der Waals surface area contributed by atoms with Gasteiger partial charge in [-0.2, -0.15) is 0 Å². The van der Waals surface area contributed by atoms with Crippen LogP contribution in [0.5, 0.6) is 0 Å². The van der Waals surface area contributed by atoms with Crippen molar-refractivity contribution in [3.05, 3.63) is 36.0 Å². The van der Waals surface area contributed by atoms with Gasteiger partial charge in [0.25, 0.3) is 0 Å². The van der Waals surface area contributed by atoms with Gasteiger partial charge < -0.3 is 9.52 Å². The minimum atomic E-state index is -0.833. The summed E-state index contributed by atoms with van der Waals surface area (Å²) in [6.07, 6.45) is 3.79. The lowest BCUT2D eigenvalue weighted by Crippen LogP contribution is -1.99. The first kappa shape index (κ1) is 10.4. The van der Waals surface area contributed by atoms with Crippen molar-refractivity contribution in [2.24, 2.45) is 0 Å². The van der Waals surface area contributed by atoms with E-state index in [0.717, 1.165) is 5.76 Å². The zero-order valence-corrected chi connectivity index (χ0v) is 8.54. The molecule has 2 aromatic heterocycles. The summed E-state index contributed by atoms with van der Waals surface area (Å²) < 4.78 is 6.78. The van der Waals surface area contributed by atoms with E-state index in [1.54, 1.807) is 23.2 Å². The third-order valence-corrected chi connectivity index (χ3v) is 2.08. The van der Waals surface area contributed by atoms with E-state index in [1.165, 1.54) is 0 Å². The van der Waals surface area contributed by atoms with Crippen molar-refractivity contribution < 1.29 is 14.3 Å². The van der Waals surface area contributed by atoms with Gasteiger partial charge in [-0.05, 0) is 12.1 Å². The highest BCUT2D eigenvalue weighted by atomic mass is 16.4. The van der Waals surface area contributed by atoms with Crippen molar-refractivity contribution in [3.8, 4) is 0 Å². The van der Waals surface area contributed by atoms with Gasteiger partial charge in [-0.15, -0.1) is 5.10 Å². The number of hydrogen-bond donors (Lipinski definition) is 1. The summed E-state index contributed by atoms with van der Waals surface area (Å²) >= 11 is 0. The molecule has 6 nitrogen and oxygen atoms in total. The first-order valence-corrected chi connectivity index (χ1v) is 4.87. The molecule has 0 aliphatic heterocycles. The Bertz CT molecular complexity index is 461. The number of aryl methyl sites for hydroxylation is 1. The van der Waals surface area contributed by atoms with Crippen LogP contribution in [0.15, 0.2) is 29.0 Å². The van der Waals surface area contributed by atoms with E-state index in [0.29, 0.717) is 18.7 Å². The van der Waals surface area contributed by atoms with Crippen LogP contribution in [-0.4, -0.2) is 26.1 Å². The quantitative estimate of drug-likeness (QED) is 0.812. The average Bonchev–Trinajstić information content (AvgIpc) is 2.87. The number of aromatic nitrogens is 3.